The Balaban J connectivity index is 1.84. The fraction of sp³-hybridized carbons (Fsp3) is 0.125. The van der Waals surface area contributed by atoms with Gasteiger partial charge >= 0.3 is 11.8 Å². The molecule has 0 heterocycles. The van der Waals surface area contributed by atoms with Crippen LogP contribution in [0.4, 0.5) is 5.69 Å². The van der Waals surface area contributed by atoms with Gasteiger partial charge in [0.05, 0.1) is 10.7 Å². The van der Waals surface area contributed by atoms with Crippen molar-refractivity contribution >= 4 is 40.7 Å². The van der Waals surface area contributed by atoms with E-state index in [0.717, 1.165) is 5.56 Å². The first-order valence-corrected chi connectivity index (χ1v) is 7.40. The van der Waals surface area contributed by atoms with Crippen LogP contribution in [0.2, 0.25) is 10.0 Å². The summed E-state index contributed by atoms with van der Waals surface area (Å²) in [7, 11) is 0. The molecule has 2 N–H and O–H groups in total. The summed E-state index contributed by atoms with van der Waals surface area (Å²) in [4.78, 5) is 23.5. The van der Waals surface area contributed by atoms with Crippen LogP contribution in [0, 0.1) is 0 Å². The maximum absolute atomic E-state index is 11.8. The topological polar surface area (TPSA) is 58.2 Å². The molecule has 4 nitrogen and oxygen atoms in total. The molecule has 0 saturated carbocycles. The van der Waals surface area contributed by atoms with Crippen LogP contribution in [0.25, 0.3) is 0 Å². The normalized spacial score (nSPS) is 10.1. The summed E-state index contributed by atoms with van der Waals surface area (Å²) in [5.74, 6) is -1.50. The van der Waals surface area contributed by atoms with Crippen molar-refractivity contribution in [3.63, 3.8) is 0 Å². The van der Waals surface area contributed by atoms with E-state index < -0.39 is 11.8 Å². The van der Waals surface area contributed by atoms with Crippen molar-refractivity contribution in [1.29, 1.82) is 0 Å². The largest absolute Gasteiger partial charge is 0.347 e. The number of carbonyl (C=O) groups is 2. The Hall–Kier alpha value is -2.04. The van der Waals surface area contributed by atoms with Crippen LogP contribution in [-0.2, 0) is 16.0 Å². The SMILES string of the molecule is O=C(NCCc1ccccc1)C(=O)Nc1cc(Cl)ccc1Cl. The van der Waals surface area contributed by atoms with Gasteiger partial charge in [-0.25, -0.2) is 0 Å². The lowest BCUT2D eigenvalue weighted by atomic mass is 10.1. The number of hydrogen-bond acceptors (Lipinski definition) is 2. The van der Waals surface area contributed by atoms with Gasteiger partial charge in [0.15, 0.2) is 0 Å². The molecule has 0 radical (unpaired) electrons. The van der Waals surface area contributed by atoms with Gasteiger partial charge < -0.3 is 10.6 Å². The van der Waals surface area contributed by atoms with Gasteiger partial charge in [0.2, 0.25) is 0 Å². The highest BCUT2D eigenvalue weighted by Crippen LogP contribution is 2.25. The Labute approximate surface area is 138 Å². The molecule has 2 aromatic rings. The highest BCUT2D eigenvalue weighted by atomic mass is 35.5. The van der Waals surface area contributed by atoms with Crippen molar-refractivity contribution in [2.75, 3.05) is 11.9 Å². The molecule has 0 aromatic heterocycles. The van der Waals surface area contributed by atoms with Crippen molar-refractivity contribution in [1.82, 2.24) is 5.32 Å². The Morgan fingerprint density at radius 1 is 0.955 bits per heavy atom. The molecule has 0 aliphatic heterocycles. The molecule has 0 aliphatic carbocycles. The molecule has 0 unspecified atom stereocenters. The van der Waals surface area contributed by atoms with Crippen LogP contribution < -0.4 is 10.6 Å². The summed E-state index contributed by atoms with van der Waals surface area (Å²) in [5, 5.41) is 5.73. The predicted molar refractivity (Wildman–Crippen MR) is 88.2 cm³/mol. The average Bonchev–Trinajstić information content (AvgIpc) is 2.52. The first kappa shape index (κ1) is 16.3. The van der Waals surface area contributed by atoms with Crippen molar-refractivity contribution in [3.05, 3.63) is 64.1 Å². The molecular weight excluding hydrogens is 323 g/mol. The standard InChI is InChI=1S/C16H14Cl2N2O2/c17-12-6-7-13(18)14(10-12)20-16(22)15(21)19-9-8-11-4-2-1-3-5-11/h1-7,10H,8-9H2,(H,19,21)(H,20,22). The molecular formula is C16H14Cl2N2O2. The van der Waals surface area contributed by atoms with Gasteiger partial charge in [-0.2, -0.15) is 0 Å². The van der Waals surface area contributed by atoms with E-state index in [1.807, 2.05) is 30.3 Å². The summed E-state index contributed by atoms with van der Waals surface area (Å²) in [6.07, 6.45) is 0.651. The third kappa shape index (κ3) is 4.76. The molecule has 0 fully saturated rings. The second-order valence-corrected chi connectivity index (χ2v) is 5.41. The fourth-order valence-electron chi connectivity index (χ4n) is 1.82. The summed E-state index contributed by atoms with van der Waals surface area (Å²) in [6.45, 7) is 0.375. The molecule has 0 bridgehead atoms. The number of anilines is 1. The molecule has 22 heavy (non-hydrogen) atoms. The van der Waals surface area contributed by atoms with E-state index in [2.05, 4.69) is 10.6 Å². The molecule has 6 heteroatoms. The summed E-state index contributed by atoms with van der Waals surface area (Å²) in [5.41, 5.74) is 1.39. The average molecular weight is 337 g/mol. The smallest absolute Gasteiger partial charge is 0.313 e. The van der Waals surface area contributed by atoms with Gasteiger partial charge in [-0.3, -0.25) is 9.59 Å². The van der Waals surface area contributed by atoms with Gasteiger partial charge in [-0.05, 0) is 30.2 Å². The predicted octanol–water partition coefficient (Wildman–Crippen LogP) is 3.29. The minimum absolute atomic E-state index is 0.303. The molecule has 2 amide bonds. The first-order valence-electron chi connectivity index (χ1n) is 6.64. The lowest BCUT2D eigenvalue weighted by Crippen LogP contribution is -2.36. The summed E-state index contributed by atoms with van der Waals surface area (Å²) in [6, 6.07) is 14.3. The number of halogens is 2. The third-order valence-electron chi connectivity index (χ3n) is 2.92. The summed E-state index contributed by atoms with van der Waals surface area (Å²) < 4.78 is 0. The third-order valence-corrected chi connectivity index (χ3v) is 3.49. The first-order chi connectivity index (χ1) is 10.6. The number of benzene rings is 2. The Morgan fingerprint density at radius 3 is 2.41 bits per heavy atom. The lowest BCUT2D eigenvalue weighted by Gasteiger charge is -2.08. The monoisotopic (exact) mass is 336 g/mol. The van der Waals surface area contributed by atoms with E-state index in [1.165, 1.54) is 6.07 Å². The Morgan fingerprint density at radius 2 is 1.68 bits per heavy atom. The molecule has 114 valence electrons. The zero-order valence-corrected chi connectivity index (χ0v) is 13.1. The van der Waals surface area contributed by atoms with Crippen molar-refractivity contribution in [3.8, 4) is 0 Å². The van der Waals surface area contributed by atoms with Crippen LogP contribution in [0.3, 0.4) is 0 Å². The van der Waals surface area contributed by atoms with E-state index in [1.54, 1.807) is 12.1 Å². The maximum atomic E-state index is 11.8. The highest BCUT2D eigenvalue weighted by Gasteiger charge is 2.14. The zero-order valence-electron chi connectivity index (χ0n) is 11.6. The second-order valence-electron chi connectivity index (χ2n) is 4.57. The minimum Gasteiger partial charge on any atom is -0.347 e. The fourth-order valence-corrected chi connectivity index (χ4v) is 2.15. The van der Waals surface area contributed by atoms with Gasteiger partial charge in [0, 0.05) is 11.6 Å². The van der Waals surface area contributed by atoms with Crippen molar-refractivity contribution in [2.45, 2.75) is 6.42 Å². The van der Waals surface area contributed by atoms with E-state index in [0.29, 0.717) is 28.7 Å². The molecule has 0 saturated heterocycles. The number of amides is 2. The van der Waals surface area contributed by atoms with Gasteiger partial charge in [0.1, 0.15) is 0 Å². The lowest BCUT2D eigenvalue weighted by molar-refractivity contribution is -0.136. The van der Waals surface area contributed by atoms with Crippen LogP contribution >= 0.6 is 23.2 Å². The molecule has 0 spiro atoms. The van der Waals surface area contributed by atoms with Crippen LogP contribution in [-0.4, -0.2) is 18.4 Å². The Bertz CT molecular complexity index is 675. The molecule has 2 aromatic carbocycles. The van der Waals surface area contributed by atoms with Crippen LogP contribution in [0.15, 0.2) is 48.5 Å². The van der Waals surface area contributed by atoms with E-state index >= 15 is 0 Å². The maximum Gasteiger partial charge on any atom is 0.313 e. The van der Waals surface area contributed by atoms with Gasteiger partial charge in [0.25, 0.3) is 0 Å². The zero-order chi connectivity index (χ0) is 15.9. The van der Waals surface area contributed by atoms with Crippen molar-refractivity contribution in [2.24, 2.45) is 0 Å². The number of rotatable bonds is 4. The van der Waals surface area contributed by atoms with Gasteiger partial charge in [-0.15, -0.1) is 0 Å². The highest BCUT2D eigenvalue weighted by molar-refractivity contribution is 6.42. The van der Waals surface area contributed by atoms with E-state index in [-0.39, 0.29) is 0 Å². The summed E-state index contributed by atoms with van der Waals surface area (Å²) >= 11 is 11.7. The van der Waals surface area contributed by atoms with Crippen molar-refractivity contribution < 1.29 is 9.59 Å². The number of nitrogens with one attached hydrogen (secondary N) is 2. The number of hydrogen-bond donors (Lipinski definition) is 2. The van der Waals surface area contributed by atoms with E-state index in [9.17, 15) is 9.59 Å². The quantitative estimate of drug-likeness (QED) is 0.841. The van der Waals surface area contributed by atoms with Crippen LogP contribution in [0.1, 0.15) is 5.56 Å². The van der Waals surface area contributed by atoms with Crippen LogP contribution in [0.5, 0.6) is 0 Å². The molecule has 2 rings (SSSR count). The van der Waals surface area contributed by atoms with E-state index in [4.69, 9.17) is 23.2 Å². The minimum atomic E-state index is -0.780. The number of carbonyl (C=O) groups excluding carboxylic acids is 2. The van der Waals surface area contributed by atoms with Gasteiger partial charge in [-0.1, -0.05) is 53.5 Å². The molecule has 0 aliphatic rings. The molecule has 0 atom stereocenters. The second kappa shape index (κ2) is 7.82. The Kier molecular flexibility index (Phi) is 5.81.